The molecule has 0 saturated heterocycles. The van der Waals surface area contributed by atoms with Crippen LogP contribution in [0.3, 0.4) is 0 Å². The molecule has 146 valence electrons. The average molecular weight is 379 g/mol. The van der Waals surface area contributed by atoms with Crippen molar-refractivity contribution in [2.24, 2.45) is 13.0 Å². The summed E-state index contributed by atoms with van der Waals surface area (Å²) in [5.41, 5.74) is 2.42. The zero-order chi connectivity index (χ0) is 20.1. The van der Waals surface area contributed by atoms with Crippen molar-refractivity contribution in [1.29, 1.82) is 5.26 Å². The Morgan fingerprint density at radius 1 is 1.29 bits per heavy atom. The van der Waals surface area contributed by atoms with Crippen molar-refractivity contribution in [2.45, 2.75) is 38.1 Å². The Hall–Kier alpha value is -3.14. The summed E-state index contributed by atoms with van der Waals surface area (Å²) in [7, 11) is 3.39. The van der Waals surface area contributed by atoms with Crippen LogP contribution in [0.4, 0.5) is 0 Å². The van der Waals surface area contributed by atoms with E-state index in [0.717, 1.165) is 31.2 Å². The maximum atomic E-state index is 12.9. The predicted octanol–water partition coefficient (Wildman–Crippen LogP) is 2.38. The van der Waals surface area contributed by atoms with Gasteiger partial charge in [0.15, 0.2) is 0 Å². The molecular weight excluding hydrogens is 354 g/mol. The molecule has 1 aliphatic rings. The van der Waals surface area contributed by atoms with Gasteiger partial charge in [0, 0.05) is 32.1 Å². The molecule has 7 nitrogen and oxygen atoms in total. The zero-order valence-corrected chi connectivity index (χ0v) is 16.2. The highest BCUT2D eigenvalue weighted by Crippen LogP contribution is 2.27. The molecule has 2 aromatic rings. The summed E-state index contributed by atoms with van der Waals surface area (Å²) in [6, 6.07) is 6.72. The van der Waals surface area contributed by atoms with Crippen LogP contribution in [-0.4, -0.2) is 34.5 Å². The van der Waals surface area contributed by atoms with E-state index < -0.39 is 6.04 Å². The minimum atomic E-state index is -0.524. The van der Waals surface area contributed by atoms with Crippen molar-refractivity contribution in [3.05, 3.63) is 41.9 Å². The molecule has 1 atom stereocenters. The Labute approximate surface area is 164 Å². The van der Waals surface area contributed by atoms with Crippen molar-refractivity contribution >= 4 is 11.8 Å². The van der Waals surface area contributed by atoms with Gasteiger partial charge in [-0.15, -0.1) is 0 Å². The highest BCUT2D eigenvalue weighted by atomic mass is 16.2. The lowest BCUT2D eigenvalue weighted by atomic mass is 9.83. The lowest BCUT2D eigenvalue weighted by Crippen LogP contribution is -2.50. The topological polar surface area (TPSA) is 99.8 Å². The molecule has 28 heavy (non-hydrogen) atoms. The summed E-state index contributed by atoms with van der Waals surface area (Å²) >= 11 is 0. The van der Waals surface area contributed by atoms with Crippen molar-refractivity contribution in [3.63, 3.8) is 0 Å². The van der Waals surface area contributed by atoms with E-state index >= 15 is 0 Å². The van der Waals surface area contributed by atoms with Crippen LogP contribution in [0.15, 0.2) is 30.6 Å². The van der Waals surface area contributed by atoms with E-state index in [1.54, 1.807) is 36.9 Å². The molecule has 2 heterocycles. The van der Waals surface area contributed by atoms with E-state index in [1.807, 2.05) is 12.3 Å². The number of aryl methyl sites for hydroxylation is 1. The number of aromatic nitrogens is 2. The van der Waals surface area contributed by atoms with Crippen molar-refractivity contribution in [3.8, 4) is 17.3 Å². The molecule has 7 heteroatoms. The van der Waals surface area contributed by atoms with Gasteiger partial charge in [-0.1, -0.05) is 19.3 Å². The highest BCUT2D eigenvalue weighted by Gasteiger charge is 2.31. The molecule has 1 aliphatic carbocycles. The summed E-state index contributed by atoms with van der Waals surface area (Å²) in [5.74, 6) is -0.261. The first-order valence-electron chi connectivity index (χ1n) is 9.59. The van der Waals surface area contributed by atoms with Gasteiger partial charge in [0.25, 0.3) is 5.91 Å². The molecular formula is C21H25N5O2. The van der Waals surface area contributed by atoms with E-state index in [0.29, 0.717) is 17.0 Å². The Balaban J connectivity index is 1.79. The average Bonchev–Trinajstić information content (AvgIpc) is 3.13. The molecule has 0 aliphatic heterocycles. The smallest absolute Gasteiger partial charge is 0.268 e. The summed E-state index contributed by atoms with van der Waals surface area (Å²) in [5, 5.41) is 14.5. The van der Waals surface area contributed by atoms with Crippen LogP contribution in [0.5, 0.6) is 0 Å². The van der Waals surface area contributed by atoms with Crippen molar-refractivity contribution in [2.75, 3.05) is 7.05 Å². The van der Waals surface area contributed by atoms with E-state index in [9.17, 15) is 9.59 Å². The van der Waals surface area contributed by atoms with Crippen LogP contribution < -0.4 is 10.6 Å². The molecule has 0 radical (unpaired) electrons. The molecule has 1 fully saturated rings. The van der Waals surface area contributed by atoms with Gasteiger partial charge in [-0.3, -0.25) is 14.6 Å². The van der Waals surface area contributed by atoms with Gasteiger partial charge in [-0.25, -0.2) is 0 Å². The van der Waals surface area contributed by atoms with Crippen LogP contribution in [0.2, 0.25) is 0 Å². The van der Waals surface area contributed by atoms with Gasteiger partial charge >= 0.3 is 0 Å². The normalized spacial score (nSPS) is 15.5. The second kappa shape index (κ2) is 8.70. The lowest BCUT2D eigenvalue weighted by Gasteiger charge is -2.29. The van der Waals surface area contributed by atoms with Crippen LogP contribution in [0.1, 0.15) is 48.2 Å². The van der Waals surface area contributed by atoms with E-state index in [1.165, 1.54) is 12.6 Å². The molecule has 2 amide bonds. The van der Waals surface area contributed by atoms with Crippen LogP contribution in [-0.2, 0) is 11.8 Å². The standard InChI is InChI=1S/C21H25N5O2/c1-23-21(28)19(15-6-4-3-5-7-15)25-20(27)18-10-16(13-26(18)2)17-9-8-14(11-22)12-24-17/h8-10,12-13,15,19H,3-7H2,1-2H3,(H,23,28)(H,25,27). The number of hydrogen-bond donors (Lipinski definition) is 2. The third kappa shape index (κ3) is 4.22. The first-order valence-corrected chi connectivity index (χ1v) is 9.59. The predicted molar refractivity (Wildman–Crippen MR) is 105 cm³/mol. The number of pyridine rings is 1. The van der Waals surface area contributed by atoms with Gasteiger partial charge < -0.3 is 15.2 Å². The third-order valence-electron chi connectivity index (χ3n) is 5.36. The number of nitriles is 1. The van der Waals surface area contributed by atoms with Gasteiger partial charge in [0.05, 0.1) is 11.3 Å². The molecule has 2 N–H and O–H groups in total. The minimum Gasteiger partial charge on any atom is -0.357 e. The summed E-state index contributed by atoms with van der Waals surface area (Å²) in [6.07, 6.45) is 8.59. The number of amides is 2. The Morgan fingerprint density at radius 2 is 2.04 bits per heavy atom. The summed E-state index contributed by atoms with van der Waals surface area (Å²) in [6.45, 7) is 0. The van der Waals surface area contributed by atoms with E-state index in [2.05, 4.69) is 15.6 Å². The fraction of sp³-hybridized carbons (Fsp3) is 0.429. The molecule has 0 spiro atoms. The van der Waals surface area contributed by atoms with Gasteiger partial charge in [0.2, 0.25) is 5.91 Å². The number of nitrogens with one attached hydrogen (secondary N) is 2. The van der Waals surface area contributed by atoms with Gasteiger partial charge in [-0.2, -0.15) is 5.26 Å². The zero-order valence-electron chi connectivity index (χ0n) is 16.2. The van der Waals surface area contributed by atoms with Gasteiger partial charge in [-0.05, 0) is 37.0 Å². The summed E-state index contributed by atoms with van der Waals surface area (Å²) in [4.78, 5) is 29.6. The van der Waals surface area contributed by atoms with Crippen molar-refractivity contribution in [1.82, 2.24) is 20.2 Å². The SMILES string of the molecule is CNC(=O)C(NC(=O)c1cc(-c2ccc(C#N)cn2)cn1C)C1CCCCC1. The molecule has 0 aromatic carbocycles. The van der Waals surface area contributed by atoms with Crippen LogP contribution >= 0.6 is 0 Å². The monoisotopic (exact) mass is 379 g/mol. The Morgan fingerprint density at radius 3 is 2.64 bits per heavy atom. The van der Waals surface area contributed by atoms with Crippen LogP contribution in [0, 0.1) is 17.2 Å². The largest absolute Gasteiger partial charge is 0.357 e. The molecule has 2 aromatic heterocycles. The maximum absolute atomic E-state index is 12.9. The highest BCUT2D eigenvalue weighted by molar-refractivity contribution is 5.97. The first kappa shape index (κ1) is 19.6. The minimum absolute atomic E-state index is 0.150. The fourth-order valence-corrected chi connectivity index (χ4v) is 3.80. The maximum Gasteiger partial charge on any atom is 0.268 e. The molecule has 1 saturated carbocycles. The Kier molecular flexibility index (Phi) is 6.09. The second-order valence-electron chi connectivity index (χ2n) is 7.23. The number of carbonyl (C=O) groups is 2. The number of nitrogens with zero attached hydrogens (tertiary/aromatic N) is 3. The number of hydrogen-bond acceptors (Lipinski definition) is 4. The second-order valence-corrected chi connectivity index (χ2v) is 7.23. The van der Waals surface area contributed by atoms with Gasteiger partial charge in [0.1, 0.15) is 17.8 Å². The fourth-order valence-electron chi connectivity index (χ4n) is 3.80. The van der Waals surface area contributed by atoms with Crippen molar-refractivity contribution < 1.29 is 9.59 Å². The number of carbonyl (C=O) groups excluding carboxylic acids is 2. The quantitative estimate of drug-likeness (QED) is 0.833. The molecule has 1 unspecified atom stereocenters. The lowest BCUT2D eigenvalue weighted by molar-refractivity contribution is -0.124. The Bertz CT molecular complexity index is 889. The molecule has 3 rings (SSSR count). The molecule has 0 bridgehead atoms. The van der Waals surface area contributed by atoms with E-state index in [4.69, 9.17) is 5.26 Å². The number of likely N-dealkylation sites (N-methyl/N-ethyl adjacent to an activating group) is 1. The number of rotatable bonds is 5. The third-order valence-corrected chi connectivity index (χ3v) is 5.36. The van der Waals surface area contributed by atoms with Crippen LogP contribution in [0.25, 0.3) is 11.3 Å². The van der Waals surface area contributed by atoms with E-state index in [-0.39, 0.29) is 17.7 Å². The summed E-state index contributed by atoms with van der Waals surface area (Å²) < 4.78 is 1.73. The first-order chi connectivity index (χ1) is 13.5.